The van der Waals surface area contributed by atoms with Gasteiger partial charge < -0.3 is 9.64 Å². The molecule has 0 N–H and O–H groups in total. The van der Waals surface area contributed by atoms with E-state index in [2.05, 4.69) is 22.0 Å². The predicted octanol–water partition coefficient (Wildman–Crippen LogP) is 2.54. The van der Waals surface area contributed by atoms with Gasteiger partial charge in [-0.3, -0.25) is 4.79 Å². The molecule has 1 aliphatic rings. The van der Waals surface area contributed by atoms with Crippen LogP contribution >= 0.6 is 15.9 Å². The van der Waals surface area contributed by atoms with E-state index < -0.39 is 0 Å². The maximum absolute atomic E-state index is 12.5. The first-order chi connectivity index (χ1) is 8.61. The van der Waals surface area contributed by atoms with E-state index in [0.29, 0.717) is 19.8 Å². The Labute approximate surface area is 116 Å². The van der Waals surface area contributed by atoms with Crippen LogP contribution in [0.4, 0.5) is 0 Å². The fourth-order valence-corrected chi connectivity index (χ4v) is 2.85. The van der Waals surface area contributed by atoms with Gasteiger partial charge >= 0.3 is 0 Å². The van der Waals surface area contributed by atoms with Gasteiger partial charge in [-0.15, -0.1) is 0 Å². The van der Waals surface area contributed by atoms with Crippen molar-refractivity contribution in [3.05, 3.63) is 34.9 Å². The third kappa shape index (κ3) is 2.93. The summed E-state index contributed by atoms with van der Waals surface area (Å²) in [5.41, 5.74) is 3.03. The zero-order chi connectivity index (χ0) is 13.1. The number of morpholine rings is 1. The molecule has 0 aromatic heterocycles. The number of halogens is 1. The minimum Gasteiger partial charge on any atom is -0.377 e. The summed E-state index contributed by atoms with van der Waals surface area (Å²) in [4.78, 5) is 14.4. The maximum Gasteiger partial charge on any atom is 0.254 e. The van der Waals surface area contributed by atoms with E-state index in [1.54, 1.807) is 0 Å². The number of nitrogens with zero attached hydrogens (tertiary/aromatic N) is 1. The first-order valence-electron chi connectivity index (χ1n) is 6.15. The molecule has 0 saturated carbocycles. The van der Waals surface area contributed by atoms with Crippen molar-refractivity contribution in [2.45, 2.75) is 19.9 Å². The molecule has 4 heteroatoms. The average Bonchev–Trinajstić information content (AvgIpc) is 2.36. The molecule has 1 unspecified atom stereocenters. The Balaban J connectivity index is 2.23. The zero-order valence-electron chi connectivity index (χ0n) is 10.8. The van der Waals surface area contributed by atoms with E-state index in [-0.39, 0.29) is 11.9 Å². The molecule has 0 radical (unpaired) electrons. The number of aryl methyl sites for hydroxylation is 2. The molecule has 98 valence electrons. The van der Waals surface area contributed by atoms with E-state index >= 15 is 0 Å². The molecule has 1 heterocycles. The van der Waals surface area contributed by atoms with E-state index in [0.717, 1.165) is 22.0 Å². The molecule has 3 nitrogen and oxygen atoms in total. The van der Waals surface area contributed by atoms with Crippen LogP contribution in [0.5, 0.6) is 0 Å². The number of carbonyl (C=O) groups excluding carboxylic acids is 1. The van der Waals surface area contributed by atoms with Gasteiger partial charge in [-0.05, 0) is 26.0 Å². The van der Waals surface area contributed by atoms with Gasteiger partial charge in [-0.25, -0.2) is 0 Å². The molecule has 1 atom stereocenters. The minimum atomic E-state index is 0.106. The number of hydrogen-bond donors (Lipinski definition) is 0. The highest BCUT2D eigenvalue weighted by Gasteiger charge is 2.27. The Hall–Kier alpha value is -0.870. The zero-order valence-corrected chi connectivity index (χ0v) is 12.4. The number of alkyl halides is 1. The number of amides is 1. The standard InChI is InChI=1S/C14H18BrNO2/c1-10-5-11(2)7-12(6-10)14(17)16-3-4-18-9-13(16)8-15/h5-7,13H,3-4,8-9H2,1-2H3. The summed E-state index contributed by atoms with van der Waals surface area (Å²) in [6.07, 6.45) is 0. The van der Waals surface area contributed by atoms with Crippen molar-refractivity contribution in [2.24, 2.45) is 0 Å². The summed E-state index contributed by atoms with van der Waals surface area (Å²) < 4.78 is 5.41. The van der Waals surface area contributed by atoms with Gasteiger partial charge in [0, 0.05) is 17.4 Å². The topological polar surface area (TPSA) is 29.5 Å². The molecule has 18 heavy (non-hydrogen) atoms. The molecular weight excluding hydrogens is 294 g/mol. The summed E-state index contributed by atoms with van der Waals surface area (Å²) in [5, 5.41) is 0.754. The quantitative estimate of drug-likeness (QED) is 0.786. The Morgan fingerprint density at radius 3 is 2.67 bits per heavy atom. The van der Waals surface area contributed by atoms with Gasteiger partial charge in [0.25, 0.3) is 5.91 Å². The van der Waals surface area contributed by atoms with Crippen LogP contribution in [0.3, 0.4) is 0 Å². The summed E-state index contributed by atoms with van der Waals surface area (Å²) in [6.45, 7) is 5.94. The van der Waals surface area contributed by atoms with Crippen LogP contribution in [-0.2, 0) is 4.74 Å². The maximum atomic E-state index is 12.5. The SMILES string of the molecule is Cc1cc(C)cc(C(=O)N2CCOCC2CBr)c1. The van der Waals surface area contributed by atoms with Crippen molar-refractivity contribution in [2.75, 3.05) is 25.1 Å². The molecule has 2 rings (SSSR count). The first kappa shape index (κ1) is 13.6. The van der Waals surface area contributed by atoms with Crippen molar-refractivity contribution < 1.29 is 9.53 Å². The largest absolute Gasteiger partial charge is 0.377 e. The molecule has 1 saturated heterocycles. The van der Waals surface area contributed by atoms with Gasteiger partial charge in [0.15, 0.2) is 0 Å². The Bertz CT molecular complexity index is 427. The smallest absolute Gasteiger partial charge is 0.254 e. The highest BCUT2D eigenvalue weighted by atomic mass is 79.9. The van der Waals surface area contributed by atoms with Crippen LogP contribution in [-0.4, -0.2) is 41.9 Å². The lowest BCUT2D eigenvalue weighted by atomic mass is 10.1. The van der Waals surface area contributed by atoms with Gasteiger partial charge in [0.1, 0.15) is 0 Å². The number of ether oxygens (including phenoxy) is 1. The lowest BCUT2D eigenvalue weighted by molar-refractivity contribution is 0.00524. The number of hydrogen-bond acceptors (Lipinski definition) is 2. The first-order valence-corrected chi connectivity index (χ1v) is 7.27. The molecule has 1 amide bonds. The summed E-state index contributed by atoms with van der Waals surface area (Å²) in [7, 11) is 0. The van der Waals surface area contributed by atoms with Crippen LogP contribution in [0.1, 0.15) is 21.5 Å². The van der Waals surface area contributed by atoms with Crippen LogP contribution in [0, 0.1) is 13.8 Å². The fourth-order valence-electron chi connectivity index (χ4n) is 2.31. The minimum absolute atomic E-state index is 0.106. The molecular formula is C14H18BrNO2. The van der Waals surface area contributed by atoms with Gasteiger partial charge in [0.05, 0.1) is 19.3 Å². The molecule has 1 fully saturated rings. The van der Waals surface area contributed by atoms with E-state index in [1.165, 1.54) is 0 Å². The van der Waals surface area contributed by atoms with Gasteiger partial charge in [0.2, 0.25) is 0 Å². The van der Waals surface area contributed by atoms with E-state index in [9.17, 15) is 4.79 Å². The predicted molar refractivity (Wildman–Crippen MR) is 75.4 cm³/mol. The molecule has 1 aromatic rings. The van der Waals surface area contributed by atoms with Crippen molar-refractivity contribution in [3.8, 4) is 0 Å². The lowest BCUT2D eigenvalue weighted by Gasteiger charge is -2.34. The average molecular weight is 312 g/mol. The van der Waals surface area contributed by atoms with E-state index in [1.807, 2.05) is 30.9 Å². The van der Waals surface area contributed by atoms with Crippen molar-refractivity contribution in [1.82, 2.24) is 4.90 Å². The van der Waals surface area contributed by atoms with Crippen molar-refractivity contribution >= 4 is 21.8 Å². The molecule has 0 aliphatic carbocycles. The van der Waals surface area contributed by atoms with Crippen LogP contribution < -0.4 is 0 Å². The van der Waals surface area contributed by atoms with Crippen LogP contribution in [0.15, 0.2) is 18.2 Å². The Kier molecular flexibility index (Phi) is 4.40. The molecule has 0 spiro atoms. The van der Waals surface area contributed by atoms with Crippen LogP contribution in [0.2, 0.25) is 0 Å². The number of rotatable bonds is 2. The second-order valence-corrected chi connectivity index (χ2v) is 5.41. The molecule has 0 bridgehead atoms. The third-order valence-electron chi connectivity index (χ3n) is 3.14. The van der Waals surface area contributed by atoms with Crippen molar-refractivity contribution in [1.29, 1.82) is 0 Å². The Morgan fingerprint density at radius 1 is 1.39 bits per heavy atom. The normalized spacial score (nSPS) is 19.9. The summed E-state index contributed by atoms with van der Waals surface area (Å²) in [5.74, 6) is 0.106. The number of carbonyl (C=O) groups is 1. The second kappa shape index (κ2) is 5.85. The van der Waals surface area contributed by atoms with Gasteiger partial charge in [-0.2, -0.15) is 0 Å². The lowest BCUT2D eigenvalue weighted by Crippen LogP contribution is -2.49. The monoisotopic (exact) mass is 311 g/mol. The fraction of sp³-hybridized carbons (Fsp3) is 0.500. The molecule has 1 aromatic carbocycles. The number of benzene rings is 1. The van der Waals surface area contributed by atoms with Crippen molar-refractivity contribution in [3.63, 3.8) is 0 Å². The third-order valence-corrected chi connectivity index (χ3v) is 3.88. The highest BCUT2D eigenvalue weighted by Crippen LogP contribution is 2.16. The summed E-state index contributed by atoms with van der Waals surface area (Å²) >= 11 is 3.45. The van der Waals surface area contributed by atoms with Gasteiger partial charge in [-0.1, -0.05) is 33.1 Å². The highest BCUT2D eigenvalue weighted by molar-refractivity contribution is 9.09. The Morgan fingerprint density at radius 2 is 2.06 bits per heavy atom. The van der Waals surface area contributed by atoms with E-state index in [4.69, 9.17) is 4.74 Å². The molecule has 1 aliphatic heterocycles. The van der Waals surface area contributed by atoms with Crippen LogP contribution in [0.25, 0.3) is 0 Å². The summed E-state index contributed by atoms with van der Waals surface area (Å²) in [6, 6.07) is 6.12. The second-order valence-electron chi connectivity index (χ2n) is 4.76.